The molecule has 0 radical (unpaired) electrons. The van der Waals surface area contributed by atoms with Gasteiger partial charge in [0.05, 0.1) is 21.6 Å². The molecular formula is C33H33FN4O3S. The zero-order chi connectivity index (χ0) is 30.0. The Labute approximate surface area is 249 Å². The van der Waals surface area contributed by atoms with Crippen molar-refractivity contribution in [2.45, 2.75) is 40.5 Å². The number of aryl methyl sites for hydroxylation is 2. The summed E-state index contributed by atoms with van der Waals surface area (Å²) in [6.45, 7) is 10.7. The molecule has 2 heterocycles. The van der Waals surface area contributed by atoms with Gasteiger partial charge in [-0.1, -0.05) is 25.7 Å². The average Bonchev–Trinajstić information content (AvgIpc) is 3.68. The smallest absolute Gasteiger partial charge is 0.247 e. The van der Waals surface area contributed by atoms with Gasteiger partial charge in [0.15, 0.2) is 0 Å². The van der Waals surface area contributed by atoms with E-state index in [1.165, 1.54) is 40.5 Å². The third-order valence-corrected chi connectivity index (χ3v) is 8.67. The minimum Gasteiger partial charge on any atom is -0.455 e. The van der Waals surface area contributed by atoms with Gasteiger partial charge in [-0.15, -0.1) is 11.3 Å². The highest BCUT2D eigenvalue weighted by Crippen LogP contribution is 2.49. The molecule has 216 valence electrons. The Balaban J connectivity index is 1.48. The molecule has 1 aliphatic rings. The van der Waals surface area contributed by atoms with E-state index in [4.69, 9.17) is 10.5 Å². The second-order valence-corrected chi connectivity index (χ2v) is 11.5. The van der Waals surface area contributed by atoms with Gasteiger partial charge in [-0.25, -0.2) is 4.39 Å². The van der Waals surface area contributed by atoms with Crippen LogP contribution < -0.4 is 15.4 Å². The highest BCUT2D eigenvalue weighted by molar-refractivity contribution is 7.19. The molecule has 2 aromatic heterocycles. The largest absolute Gasteiger partial charge is 0.455 e. The van der Waals surface area contributed by atoms with Gasteiger partial charge in [-0.2, -0.15) is 0 Å². The fourth-order valence-corrected chi connectivity index (χ4v) is 5.89. The maximum absolute atomic E-state index is 13.7. The number of hydrogen-bond donors (Lipinski definition) is 1. The zero-order valence-corrected chi connectivity index (χ0v) is 25.0. The molecule has 2 aromatic carbocycles. The summed E-state index contributed by atoms with van der Waals surface area (Å²) in [6, 6.07) is 13.1. The van der Waals surface area contributed by atoms with Crippen molar-refractivity contribution in [3.8, 4) is 23.3 Å². The number of rotatable bonds is 9. The lowest BCUT2D eigenvalue weighted by Gasteiger charge is -2.28. The standard InChI is InChI=1S/C33H33FN4O3S/c1-5-37(6-2)17-7-8-26-20-27-30(42-26)28(13-16-36-27)41-29-21(3)18-25(19-22(29)4)38(24-11-9-23(34)10-12-24)32(40)33(14-15-33)31(35)39/h9-13,16,18-20H,5-6,14-15,17H2,1-4H3,(H2,35,39). The van der Waals surface area contributed by atoms with Crippen LogP contribution >= 0.6 is 11.3 Å². The van der Waals surface area contributed by atoms with Crippen LogP contribution in [0.15, 0.2) is 54.7 Å². The second kappa shape index (κ2) is 11.9. The van der Waals surface area contributed by atoms with Crippen molar-refractivity contribution in [2.75, 3.05) is 24.5 Å². The van der Waals surface area contributed by atoms with Crippen LogP contribution in [-0.4, -0.2) is 41.3 Å². The summed E-state index contributed by atoms with van der Waals surface area (Å²) < 4.78 is 21.1. The molecule has 0 saturated heterocycles. The quantitative estimate of drug-likeness (QED) is 0.180. The molecule has 4 aromatic rings. The Kier molecular flexibility index (Phi) is 8.30. The predicted octanol–water partition coefficient (Wildman–Crippen LogP) is 6.47. The number of carbonyl (C=O) groups is 2. The van der Waals surface area contributed by atoms with Gasteiger partial charge in [-0.05, 0) is 93.4 Å². The van der Waals surface area contributed by atoms with Gasteiger partial charge < -0.3 is 10.5 Å². The third-order valence-electron chi connectivity index (χ3n) is 7.62. The summed E-state index contributed by atoms with van der Waals surface area (Å²) in [7, 11) is 0. The lowest BCUT2D eigenvalue weighted by Crippen LogP contribution is -2.41. The van der Waals surface area contributed by atoms with E-state index in [0.29, 0.717) is 42.3 Å². The first-order chi connectivity index (χ1) is 20.2. The van der Waals surface area contributed by atoms with Crippen molar-refractivity contribution in [1.82, 2.24) is 9.88 Å². The number of carbonyl (C=O) groups excluding carboxylic acids is 2. The third kappa shape index (κ3) is 5.73. The number of nitrogens with two attached hydrogens (primary N) is 1. The minimum atomic E-state index is -1.25. The number of pyridine rings is 1. The van der Waals surface area contributed by atoms with E-state index in [9.17, 15) is 14.0 Å². The summed E-state index contributed by atoms with van der Waals surface area (Å²) in [4.78, 5) is 35.1. The number of aromatic nitrogens is 1. The fourth-order valence-electron chi connectivity index (χ4n) is 4.95. The van der Waals surface area contributed by atoms with Crippen LogP contribution in [0.2, 0.25) is 0 Å². The number of ether oxygens (including phenoxy) is 1. The summed E-state index contributed by atoms with van der Waals surface area (Å²) in [5.41, 5.74) is 7.77. The highest BCUT2D eigenvalue weighted by atomic mass is 32.1. The summed E-state index contributed by atoms with van der Waals surface area (Å²) in [5.74, 6) is 6.33. The van der Waals surface area contributed by atoms with E-state index in [1.54, 1.807) is 6.20 Å². The Morgan fingerprint density at radius 2 is 1.71 bits per heavy atom. The maximum Gasteiger partial charge on any atom is 0.247 e. The number of amides is 2. The number of anilines is 2. The van der Waals surface area contributed by atoms with E-state index in [2.05, 4.69) is 35.6 Å². The van der Waals surface area contributed by atoms with Crippen LogP contribution in [0.25, 0.3) is 10.2 Å². The van der Waals surface area contributed by atoms with Gasteiger partial charge >= 0.3 is 0 Å². The molecule has 1 fully saturated rings. The monoisotopic (exact) mass is 584 g/mol. The first-order valence-electron chi connectivity index (χ1n) is 14.0. The molecule has 5 rings (SSSR count). The van der Waals surface area contributed by atoms with Gasteiger partial charge in [0.2, 0.25) is 11.8 Å². The maximum atomic E-state index is 13.7. The molecule has 2 amide bonds. The van der Waals surface area contributed by atoms with Gasteiger partial charge in [0.25, 0.3) is 0 Å². The molecule has 0 atom stereocenters. The number of halogens is 1. The Bertz CT molecular complexity index is 1690. The van der Waals surface area contributed by atoms with Crippen LogP contribution in [-0.2, 0) is 9.59 Å². The normalized spacial score (nSPS) is 13.5. The highest BCUT2D eigenvalue weighted by Gasteiger charge is 2.57. The van der Waals surface area contributed by atoms with Crippen molar-refractivity contribution in [3.63, 3.8) is 0 Å². The molecule has 0 unspecified atom stereocenters. The Morgan fingerprint density at radius 3 is 2.31 bits per heavy atom. The lowest BCUT2D eigenvalue weighted by atomic mass is 10.0. The SMILES string of the molecule is CCN(CC)CC#Cc1cc2nccc(Oc3c(C)cc(N(C(=O)C4(C(N)=O)CC4)c4ccc(F)cc4)cc3C)c2s1. The van der Waals surface area contributed by atoms with E-state index >= 15 is 0 Å². The van der Waals surface area contributed by atoms with Gasteiger partial charge in [-0.3, -0.25) is 24.4 Å². The van der Waals surface area contributed by atoms with Crippen molar-refractivity contribution >= 4 is 44.7 Å². The Morgan fingerprint density at radius 1 is 1.05 bits per heavy atom. The predicted molar refractivity (Wildman–Crippen MR) is 165 cm³/mol. The zero-order valence-electron chi connectivity index (χ0n) is 24.2. The van der Waals surface area contributed by atoms with E-state index in [1.807, 2.05) is 38.1 Å². The van der Waals surface area contributed by atoms with Crippen LogP contribution in [0.4, 0.5) is 15.8 Å². The van der Waals surface area contributed by atoms with E-state index in [-0.39, 0.29) is 0 Å². The molecule has 7 nitrogen and oxygen atoms in total. The number of benzene rings is 2. The molecule has 0 bridgehead atoms. The fraction of sp³-hybridized carbons (Fsp3) is 0.303. The Hall–Kier alpha value is -4.26. The van der Waals surface area contributed by atoms with Gasteiger partial charge in [0, 0.05) is 23.6 Å². The van der Waals surface area contributed by atoms with E-state index in [0.717, 1.165) is 39.3 Å². The molecule has 0 aliphatic heterocycles. The number of primary amides is 1. The first kappa shape index (κ1) is 29.2. The van der Waals surface area contributed by atoms with Crippen molar-refractivity contribution in [3.05, 3.63) is 76.5 Å². The second-order valence-electron chi connectivity index (χ2n) is 10.5. The molecule has 1 saturated carbocycles. The van der Waals surface area contributed by atoms with Gasteiger partial charge in [0.1, 0.15) is 22.7 Å². The number of hydrogen-bond acceptors (Lipinski definition) is 6. The molecular weight excluding hydrogens is 551 g/mol. The van der Waals surface area contributed by atoms with Crippen molar-refractivity contribution in [1.29, 1.82) is 0 Å². The molecule has 1 aliphatic carbocycles. The lowest BCUT2D eigenvalue weighted by molar-refractivity contribution is -0.133. The van der Waals surface area contributed by atoms with E-state index < -0.39 is 23.0 Å². The molecule has 2 N–H and O–H groups in total. The summed E-state index contributed by atoms with van der Waals surface area (Å²) in [5, 5.41) is 0. The number of thiophene rings is 1. The van der Waals surface area contributed by atoms with Crippen LogP contribution in [0.5, 0.6) is 11.5 Å². The number of fused-ring (bicyclic) bond motifs is 1. The molecule has 9 heteroatoms. The van der Waals surface area contributed by atoms with Crippen molar-refractivity contribution in [2.24, 2.45) is 11.1 Å². The van der Waals surface area contributed by atoms with Crippen LogP contribution in [0.1, 0.15) is 42.7 Å². The summed E-state index contributed by atoms with van der Waals surface area (Å²) in [6.07, 6.45) is 2.49. The molecule has 42 heavy (non-hydrogen) atoms. The number of nitrogens with zero attached hydrogens (tertiary/aromatic N) is 3. The average molecular weight is 585 g/mol. The topological polar surface area (TPSA) is 88.8 Å². The summed E-state index contributed by atoms with van der Waals surface area (Å²) >= 11 is 1.54. The minimum absolute atomic E-state index is 0.388. The molecule has 0 spiro atoms. The van der Waals surface area contributed by atoms with Crippen LogP contribution in [0, 0.1) is 36.9 Å². The van der Waals surface area contributed by atoms with Crippen LogP contribution in [0.3, 0.4) is 0 Å². The first-order valence-corrected chi connectivity index (χ1v) is 14.8. The van der Waals surface area contributed by atoms with Crippen molar-refractivity contribution < 1.29 is 18.7 Å².